The highest BCUT2D eigenvalue weighted by Gasteiger charge is 2.38. The van der Waals surface area contributed by atoms with Gasteiger partial charge in [0.15, 0.2) is 6.29 Å². The van der Waals surface area contributed by atoms with Crippen LogP contribution in [0.25, 0.3) is 10.1 Å². The minimum atomic E-state index is -5.11. The van der Waals surface area contributed by atoms with E-state index in [4.69, 9.17) is 9.47 Å². The van der Waals surface area contributed by atoms with Gasteiger partial charge in [0, 0.05) is 21.1 Å². The summed E-state index contributed by atoms with van der Waals surface area (Å²) in [5.74, 6) is -3.46. The summed E-state index contributed by atoms with van der Waals surface area (Å²) in [5.41, 5.74) is -1.02. The first kappa shape index (κ1) is 22.9. The third-order valence-corrected chi connectivity index (χ3v) is 6.53. The third-order valence-electron chi connectivity index (χ3n) is 5.38. The van der Waals surface area contributed by atoms with E-state index < -0.39 is 29.7 Å². The summed E-state index contributed by atoms with van der Waals surface area (Å²) >= 11 is 1.74. The molecule has 0 spiro atoms. The van der Waals surface area contributed by atoms with Gasteiger partial charge in [0.2, 0.25) is 0 Å². The number of hydrogen-bond acceptors (Lipinski definition) is 3. The van der Waals surface area contributed by atoms with Crippen LogP contribution >= 0.6 is 11.3 Å². The van der Waals surface area contributed by atoms with Crippen LogP contribution < -0.4 is 0 Å². The van der Waals surface area contributed by atoms with Gasteiger partial charge in [-0.05, 0) is 55.0 Å². The molecule has 0 radical (unpaired) electrons. The van der Waals surface area contributed by atoms with Gasteiger partial charge in [-0.25, -0.2) is 8.78 Å². The fourth-order valence-corrected chi connectivity index (χ4v) is 4.89. The van der Waals surface area contributed by atoms with Crippen molar-refractivity contribution in [3.05, 3.63) is 81.8 Å². The highest BCUT2D eigenvalue weighted by atomic mass is 32.1. The summed E-state index contributed by atoms with van der Waals surface area (Å²) in [7, 11) is 0. The van der Waals surface area contributed by atoms with Gasteiger partial charge in [0.1, 0.15) is 17.2 Å². The summed E-state index contributed by atoms with van der Waals surface area (Å²) in [6.45, 7) is 2.44. The maximum absolute atomic E-state index is 13.9. The SMILES string of the molecule is C/C=C/CCc1cc2ccc(C3COC(c4cc(F)c(C(F)(F)F)c(F)c4)OC3)cc2s1. The second-order valence-corrected chi connectivity index (χ2v) is 8.84. The molecule has 0 N–H and O–H groups in total. The molecule has 2 heterocycles. The van der Waals surface area contributed by atoms with E-state index in [-0.39, 0.29) is 24.7 Å². The summed E-state index contributed by atoms with van der Waals surface area (Å²) in [6, 6.07) is 9.56. The number of ether oxygens (including phenoxy) is 2. The predicted molar refractivity (Wildman–Crippen MR) is 114 cm³/mol. The van der Waals surface area contributed by atoms with Crippen LogP contribution in [0.3, 0.4) is 0 Å². The molecule has 1 aromatic heterocycles. The van der Waals surface area contributed by atoms with E-state index in [1.807, 2.05) is 25.1 Å². The molecule has 0 bridgehead atoms. The molecule has 170 valence electrons. The lowest BCUT2D eigenvalue weighted by molar-refractivity contribution is -0.192. The van der Waals surface area contributed by atoms with Gasteiger partial charge < -0.3 is 9.47 Å². The number of allylic oxidation sites excluding steroid dienone is 2. The average Bonchev–Trinajstić information content (AvgIpc) is 3.14. The second kappa shape index (κ2) is 9.29. The highest BCUT2D eigenvalue weighted by molar-refractivity contribution is 7.19. The molecule has 0 saturated carbocycles. The van der Waals surface area contributed by atoms with Crippen LogP contribution in [0.5, 0.6) is 0 Å². The molecule has 32 heavy (non-hydrogen) atoms. The molecule has 4 rings (SSSR count). The van der Waals surface area contributed by atoms with E-state index in [9.17, 15) is 22.0 Å². The smallest absolute Gasteiger partial charge is 0.348 e. The molecule has 0 aliphatic carbocycles. The normalized spacial score (nSPS) is 19.8. The summed E-state index contributed by atoms with van der Waals surface area (Å²) < 4.78 is 78.4. The Morgan fingerprint density at radius 2 is 1.69 bits per heavy atom. The fourth-order valence-electron chi connectivity index (χ4n) is 3.76. The molecule has 2 aromatic carbocycles. The van der Waals surface area contributed by atoms with Gasteiger partial charge in [-0.2, -0.15) is 13.2 Å². The monoisotopic (exact) mass is 468 g/mol. The molecule has 0 atom stereocenters. The van der Waals surface area contributed by atoms with Crippen LogP contribution in [0.1, 0.15) is 47.1 Å². The van der Waals surface area contributed by atoms with Crippen molar-refractivity contribution in [3.63, 3.8) is 0 Å². The molecule has 3 aromatic rings. The largest absolute Gasteiger partial charge is 0.422 e. The number of alkyl halides is 3. The number of fused-ring (bicyclic) bond motifs is 1. The molecule has 0 amide bonds. The van der Waals surface area contributed by atoms with Gasteiger partial charge in [-0.3, -0.25) is 0 Å². The Morgan fingerprint density at radius 1 is 1.00 bits per heavy atom. The molecule has 2 nitrogen and oxygen atoms in total. The van der Waals surface area contributed by atoms with Crippen molar-refractivity contribution < 1.29 is 31.4 Å². The zero-order chi connectivity index (χ0) is 22.9. The Kier molecular flexibility index (Phi) is 6.65. The van der Waals surface area contributed by atoms with Crippen molar-refractivity contribution in [1.82, 2.24) is 0 Å². The Morgan fingerprint density at radius 3 is 2.31 bits per heavy atom. The van der Waals surface area contributed by atoms with Crippen molar-refractivity contribution in [2.45, 2.75) is 38.1 Å². The first-order valence-corrected chi connectivity index (χ1v) is 11.0. The first-order valence-electron chi connectivity index (χ1n) is 10.2. The van der Waals surface area contributed by atoms with Crippen molar-refractivity contribution in [1.29, 1.82) is 0 Å². The highest BCUT2D eigenvalue weighted by Crippen LogP contribution is 2.37. The van der Waals surface area contributed by atoms with Gasteiger partial charge >= 0.3 is 6.18 Å². The summed E-state index contributed by atoms with van der Waals surface area (Å²) in [4.78, 5) is 1.30. The number of hydrogen-bond donors (Lipinski definition) is 0. The lowest BCUT2D eigenvalue weighted by Crippen LogP contribution is -2.26. The first-order chi connectivity index (χ1) is 15.3. The van der Waals surface area contributed by atoms with E-state index in [0.717, 1.165) is 23.1 Å². The number of aryl methyl sites for hydroxylation is 1. The Hall–Kier alpha value is -2.29. The van der Waals surface area contributed by atoms with Crippen LogP contribution in [0.4, 0.5) is 22.0 Å². The van der Waals surface area contributed by atoms with E-state index in [2.05, 4.69) is 18.2 Å². The lowest BCUT2D eigenvalue weighted by Gasteiger charge is -2.30. The van der Waals surface area contributed by atoms with Crippen molar-refractivity contribution in [2.24, 2.45) is 0 Å². The predicted octanol–water partition coefficient (Wildman–Crippen LogP) is 7.54. The van der Waals surface area contributed by atoms with E-state index in [0.29, 0.717) is 12.1 Å². The molecular weight excluding hydrogens is 447 g/mol. The van der Waals surface area contributed by atoms with Gasteiger partial charge in [-0.15, -0.1) is 11.3 Å². The zero-order valence-corrected chi connectivity index (χ0v) is 18.0. The molecular formula is C24H21F5O2S. The van der Waals surface area contributed by atoms with Gasteiger partial charge in [0.05, 0.1) is 13.2 Å². The van der Waals surface area contributed by atoms with Gasteiger partial charge in [0.25, 0.3) is 0 Å². The Bertz CT molecular complexity index is 1100. The third kappa shape index (κ3) is 4.87. The minimum absolute atomic E-state index is 0.0895. The van der Waals surface area contributed by atoms with Crippen LogP contribution in [-0.4, -0.2) is 13.2 Å². The van der Waals surface area contributed by atoms with E-state index in [1.54, 1.807) is 11.3 Å². The standard InChI is InChI=1S/C24H21F5O2S/c1-2-3-4-5-18-8-15-7-6-14(11-21(15)32-18)17-12-30-23(31-13-17)16-9-19(25)22(20(26)10-16)24(27,28)29/h2-3,6-11,17,23H,4-5,12-13H2,1H3/b3-2+. The number of thiophene rings is 1. The lowest BCUT2D eigenvalue weighted by atomic mass is 9.99. The maximum atomic E-state index is 13.9. The quantitative estimate of drug-likeness (QED) is 0.285. The molecule has 1 aliphatic rings. The zero-order valence-electron chi connectivity index (χ0n) is 17.2. The Labute approximate surface area is 186 Å². The molecule has 0 unspecified atom stereocenters. The number of benzene rings is 2. The molecule has 1 fully saturated rings. The maximum Gasteiger partial charge on any atom is 0.422 e. The average molecular weight is 468 g/mol. The fraction of sp³-hybridized carbons (Fsp3) is 0.333. The van der Waals surface area contributed by atoms with Crippen LogP contribution in [0, 0.1) is 11.6 Å². The summed E-state index contributed by atoms with van der Waals surface area (Å²) in [6.07, 6.45) is -0.0869. The molecule has 1 saturated heterocycles. The van der Waals surface area contributed by atoms with Crippen molar-refractivity contribution in [2.75, 3.05) is 13.2 Å². The number of rotatable bonds is 5. The van der Waals surface area contributed by atoms with Crippen LogP contribution in [-0.2, 0) is 22.1 Å². The second-order valence-electron chi connectivity index (χ2n) is 7.67. The van der Waals surface area contributed by atoms with Crippen LogP contribution in [0.2, 0.25) is 0 Å². The van der Waals surface area contributed by atoms with Gasteiger partial charge in [-0.1, -0.05) is 24.3 Å². The van der Waals surface area contributed by atoms with Crippen molar-refractivity contribution >= 4 is 21.4 Å². The minimum Gasteiger partial charge on any atom is -0.348 e. The van der Waals surface area contributed by atoms with Crippen LogP contribution in [0.15, 0.2) is 48.6 Å². The summed E-state index contributed by atoms with van der Waals surface area (Å²) in [5, 5.41) is 1.17. The van der Waals surface area contributed by atoms with E-state index in [1.165, 1.54) is 10.3 Å². The molecule has 8 heteroatoms. The topological polar surface area (TPSA) is 18.5 Å². The molecule has 1 aliphatic heterocycles. The van der Waals surface area contributed by atoms with E-state index >= 15 is 0 Å². The van der Waals surface area contributed by atoms with Crippen molar-refractivity contribution in [3.8, 4) is 0 Å². The number of halogens is 5. The Balaban J connectivity index is 1.45.